The molecule has 1 aromatic heterocycles. The number of fused-ring (bicyclic) bond motifs is 1. The fraction of sp³-hybridized carbons (Fsp3) is 0.269. The molecule has 0 aliphatic heterocycles. The lowest BCUT2D eigenvalue weighted by Crippen LogP contribution is -2.34. The zero-order valence-corrected chi connectivity index (χ0v) is 19.4. The summed E-state index contributed by atoms with van der Waals surface area (Å²) in [4.78, 5) is 31.6. The van der Waals surface area contributed by atoms with Gasteiger partial charge in [-0.25, -0.2) is 4.98 Å². The highest BCUT2D eigenvalue weighted by atomic mass is 35.5. The topological polar surface area (TPSA) is 67.2 Å². The van der Waals surface area contributed by atoms with Crippen LogP contribution in [0.15, 0.2) is 73.8 Å². The van der Waals surface area contributed by atoms with Crippen molar-refractivity contribution in [1.82, 2.24) is 19.8 Å². The van der Waals surface area contributed by atoms with Gasteiger partial charge in [-0.1, -0.05) is 54.1 Å². The van der Waals surface area contributed by atoms with Crippen LogP contribution in [-0.2, 0) is 29.0 Å². The van der Waals surface area contributed by atoms with Crippen molar-refractivity contribution in [3.8, 4) is 0 Å². The number of nitrogens with zero attached hydrogens (tertiary/aromatic N) is 3. The first-order valence-corrected chi connectivity index (χ1v) is 11.3. The van der Waals surface area contributed by atoms with E-state index in [0.717, 1.165) is 22.4 Å². The molecule has 33 heavy (non-hydrogen) atoms. The molecule has 2 amide bonds. The van der Waals surface area contributed by atoms with E-state index in [1.165, 1.54) is 0 Å². The van der Waals surface area contributed by atoms with Crippen molar-refractivity contribution in [2.24, 2.45) is 0 Å². The van der Waals surface area contributed by atoms with Crippen LogP contribution in [0.3, 0.4) is 0 Å². The van der Waals surface area contributed by atoms with Gasteiger partial charge in [0.15, 0.2) is 0 Å². The molecule has 3 aromatic rings. The Kier molecular flexibility index (Phi) is 8.84. The van der Waals surface area contributed by atoms with Crippen molar-refractivity contribution in [2.45, 2.75) is 25.8 Å². The van der Waals surface area contributed by atoms with Gasteiger partial charge < -0.3 is 14.8 Å². The van der Waals surface area contributed by atoms with Crippen LogP contribution in [0.4, 0.5) is 0 Å². The molecule has 0 radical (unpaired) electrons. The summed E-state index contributed by atoms with van der Waals surface area (Å²) in [7, 11) is 0. The van der Waals surface area contributed by atoms with Crippen LogP contribution in [0.5, 0.6) is 0 Å². The first-order valence-electron chi connectivity index (χ1n) is 11.0. The molecular weight excluding hydrogens is 436 g/mol. The van der Waals surface area contributed by atoms with E-state index in [0.29, 0.717) is 37.5 Å². The Hall–Kier alpha value is -3.38. The monoisotopic (exact) mass is 464 g/mol. The average Bonchev–Trinajstić information content (AvgIpc) is 3.15. The van der Waals surface area contributed by atoms with Crippen molar-refractivity contribution in [3.05, 3.63) is 90.3 Å². The van der Waals surface area contributed by atoms with E-state index in [-0.39, 0.29) is 24.8 Å². The van der Waals surface area contributed by atoms with Gasteiger partial charge in [0, 0.05) is 31.1 Å². The molecule has 0 saturated heterocycles. The molecule has 172 valence electrons. The Morgan fingerprint density at radius 3 is 2.48 bits per heavy atom. The van der Waals surface area contributed by atoms with E-state index >= 15 is 0 Å². The summed E-state index contributed by atoms with van der Waals surface area (Å²) in [6.07, 6.45) is 5.00. The number of carbonyl (C=O) groups excluding carboxylic acids is 2. The second-order valence-electron chi connectivity index (χ2n) is 7.70. The van der Waals surface area contributed by atoms with Gasteiger partial charge in [0.25, 0.3) is 0 Å². The molecule has 2 aromatic carbocycles. The standard InChI is InChI=1S/C26H29ClN4O2/c1-3-16-30(17-4-2)26(33)19-31-23-13-8-7-12-22(23)29-24(31)14-9-15-28-25(32)18-20-10-5-6-11-21(20)27/h3-8,10-13H,1-2,9,14-19H2,(H,28,32). The predicted octanol–water partition coefficient (Wildman–Crippen LogP) is 4.18. The number of halogens is 1. The molecule has 6 nitrogen and oxygen atoms in total. The van der Waals surface area contributed by atoms with Crippen LogP contribution in [0, 0.1) is 0 Å². The second kappa shape index (κ2) is 12.0. The Balaban J connectivity index is 1.63. The van der Waals surface area contributed by atoms with Crippen molar-refractivity contribution in [2.75, 3.05) is 19.6 Å². The summed E-state index contributed by atoms with van der Waals surface area (Å²) in [5, 5.41) is 3.53. The molecule has 0 aliphatic carbocycles. The largest absolute Gasteiger partial charge is 0.356 e. The highest BCUT2D eigenvalue weighted by Crippen LogP contribution is 2.18. The van der Waals surface area contributed by atoms with E-state index in [1.54, 1.807) is 23.1 Å². The lowest BCUT2D eigenvalue weighted by Gasteiger charge is -2.20. The highest BCUT2D eigenvalue weighted by Gasteiger charge is 2.17. The summed E-state index contributed by atoms with van der Waals surface area (Å²) in [6, 6.07) is 15.1. The van der Waals surface area contributed by atoms with Crippen molar-refractivity contribution < 1.29 is 9.59 Å². The number of rotatable bonds is 12. The number of amides is 2. The third-order valence-electron chi connectivity index (χ3n) is 5.29. The number of hydrogen-bond donors (Lipinski definition) is 1. The van der Waals surface area contributed by atoms with Crippen LogP contribution in [0.1, 0.15) is 17.8 Å². The quantitative estimate of drug-likeness (QED) is 0.323. The normalized spacial score (nSPS) is 10.7. The Morgan fingerprint density at radius 1 is 1.06 bits per heavy atom. The molecule has 0 spiro atoms. The van der Waals surface area contributed by atoms with Gasteiger partial charge in [-0.3, -0.25) is 9.59 Å². The molecule has 7 heteroatoms. The molecule has 0 unspecified atom stereocenters. The van der Waals surface area contributed by atoms with Crippen LogP contribution in [0.25, 0.3) is 11.0 Å². The van der Waals surface area contributed by atoms with Gasteiger partial charge >= 0.3 is 0 Å². The Bertz CT molecular complexity index is 1130. The SMILES string of the molecule is C=CCN(CC=C)C(=O)Cn1c(CCCNC(=O)Cc2ccccc2Cl)nc2ccccc21. The second-order valence-corrected chi connectivity index (χ2v) is 8.11. The fourth-order valence-electron chi connectivity index (χ4n) is 3.67. The van der Waals surface area contributed by atoms with Crippen molar-refractivity contribution in [3.63, 3.8) is 0 Å². The fourth-order valence-corrected chi connectivity index (χ4v) is 3.87. The van der Waals surface area contributed by atoms with E-state index in [2.05, 4.69) is 18.5 Å². The first kappa shape index (κ1) is 24.3. The molecule has 3 rings (SSSR count). The van der Waals surface area contributed by atoms with Gasteiger partial charge in [0.2, 0.25) is 11.8 Å². The lowest BCUT2D eigenvalue weighted by molar-refractivity contribution is -0.130. The summed E-state index contributed by atoms with van der Waals surface area (Å²) >= 11 is 6.14. The van der Waals surface area contributed by atoms with Gasteiger partial charge in [-0.15, -0.1) is 13.2 Å². The first-order chi connectivity index (χ1) is 16.0. The van der Waals surface area contributed by atoms with Crippen LogP contribution >= 0.6 is 11.6 Å². The maximum Gasteiger partial charge on any atom is 0.243 e. The zero-order chi connectivity index (χ0) is 23.6. The van der Waals surface area contributed by atoms with Crippen molar-refractivity contribution in [1.29, 1.82) is 0 Å². The predicted molar refractivity (Wildman–Crippen MR) is 133 cm³/mol. The number of para-hydroxylation sites is 2. The molecule has 1 heterocycles. The van der Waals surface area contributed by atoms with Crippen LogP contribution in [0.2, 0.25) is 5.02 Å². The molecule has 0 bridgehead atoms. The average molecular weight is 465 g/mol. The summed E-state index contributed by atoms with van der Waals surface area (Å²) in [5.74, 6) is 0.727. The number of aryl methyl sites for hydroxylation is 1. The third kappa shape index (κ3) is 6.56. The molecule has 0 fully saturated rings. The van der Waals surface area contributed by atoms with E-state index < -0.39 is 0 Å². The summed E-state index contributed by atoms with van der Waals surface area (Å²) in [6.45, 7) is 9.10. The molecule has 1 N–H and O–H groups in total. The minimum atomic E-state index is -0.0729. The number of nitrogens with one attached hydrogen (secondary N) is 1. The van der Waals surface area contributed by atoms with Gasteiger partial charge in [0.05, 0.1) is 17.5 Å². The summed E-state index contributed by atoms with van der Waals surface area (Å²) < 4.78 is 1.96. The smallest absolute Gasteiger partial charge is 0.243 e. The number of benzene rings is 2. The molecule has 0 aliphatic rings. The molecular formula is C26H29ClN4O2. The van der Waals surface area contributed by atoms with Crippen LogP contribution < -0.4 is 5.32 Å². The lowest BCUT2D eigenvalue weighted by atomic mass is 10.1. The minimum Gasteiger partial charge on any atom is -0.356 e. The van der Waals surface area contributed by atoms with Crippen LogP contribution in [-0.4, -0.2) is 45.9 Å². The van der Waals surface area contributed by atoms with Gasteiger partial charge in [0.1, 0.15) is 12.4 Å². The van der Waals surface area contributed by atoms with E-state index in [1.807, 2.05) is 47.0 Å². The highest BCUT2D eigenvalue weighted by molar-refractivity contribution is 6.31. The van der Waals surface area contributed by atoms with Crippen molar-refractivity contribution >= 4 is 34.4 Å². The molecule has 0 saturated carbocycles. The van der Waals surface area contributed by atoms with Gasteiger partial charge in [-0.2, -0.15) is 0 Å². The van der Waals surface area contributed by atoms with E-state index in [4.69, 9.17) is 16.6 Å². The number of aromatic nitrogens is 2. The maximum absolute atomic E-state index is 12.9. The molecule has 0 atom stereocenters. The summed E-state index contributed by atoms with van der Waals surface area (Å²) in [5.41, 5.74) is 2.57. The Morgan fingerprint density at radius 2 is 1.76 bits per heavy atom. The third-order valence-corrected chi connectivity index (χ3v) is 5.66. The van der Waals surface area contributed by atoms with Gasteiger partial charge in [-0.05, 0) is 30.2 Å². The number of imidazole rings is 1. The maximum atomic E-state index is 12.9. The minimum absolute atomic E-state index is 0.0211. The van der Waals surface area contributed by atoms with E-state index in [9.17, 15) is 9.59 Å². The zero-order valence-electron chi connectivity index (χ0n) is 18.7. The number of hydrogen-bond acceptors (Lipinski definition) is 3. The number of carbonyl (C=O) groups is 2. The Labute approximate surface area is 199 Å².